The van der Waals surface area contributed by atoms with E-state index < -0.39 is 11.6 Å². The SMILES string of the molecule is CC(N)c1ccc(-c2cnc(N)c(-c3nnnn3-c3cccc(F)c3F)c2)cc1. The summed E-state index contributed by atoms with van der Waals surface area (Å²) in [5.74, 6) is -1.75. The Kier molecular flexibility index (Phi) is 4.73. The number of rotatable bonds is 4. The van der Waals surface area contributed by atoms with Gasteiger partial charge in [0.2, 0.25) is 0 Å². The number of tetrazole rings is 1. The van der Waals surface area contributed by atoms with Crippen molar-refractivity contribution >= 4 is 5.82 Å². The molecule has 1 unspecified atom stereocenters. The van der Waals surface area contributed by atoms with Gasteiger partial charge in [-0.25, -0.2) is 13.8 Å². The fraction of sp³-hybridized carbons (Fsp3) is 0.100. The first-order valence-electron chi connectivity index (χ1n) is 8.80. The van der Waals surface area contributed by atoms with Gasteiger partial charge in [0.05, 0.1) is 5.56 Å². The molecule has 7 nitrogen and oxygen atoms in total. The van der Waals surface area contributed by atoms with E-state index in [2.05, 4.69) is 20.5 Å². The minimum absolute atomic E-state index is 0.0741. The Labute approximate surface area is 165 Å². The van der Waals surface area contributed by atoms with Gasteiger partial charge in [-0.2, -0.15) is 4.68 Å². The van der Waals surface area contributed by atoms with E-state index in [-0.39, 0.29) is 23.4 Å². The molecule has 0 saturated heterocycles. The zero-order valence-electron chi connectivity index (χ0n) is 15.4. The average Bonchev–Trinajstić information content (AvgIpc) is 3.20. The van der Waals surface area contributed by atoms with Crippen LogP contribution in [-0.2, 0) is 0 Å². The van der Waals surface area contributed by atoms with Crippen LogP contribution in [0.5, 0.6) is 0 Å². The Hall–Kier alpha value is -3.72. The van der Waals surface area contributed by atoms with Crippen LogP contribution in [0.2, 0.25) is 0 Å². The summed E-state index contributed by atoms with van der Waals surface area (Å²) < 4.78 is 29.0. The lowest BCUT2D eigenvalue weighted by molar-refractivity contribution is 0.501. The molecule has 0 amide bonds. The van der Waals surface area contributed by atoms with Crippen LogP contribution < -0.4 is 11.5 Å². The molecular formula is C20H17F2N7. The average molecular weight is 393 g/mol. The summed E-state index contributed by atoms with van der Waals surface area (Å²) in [6.45, 7) is 1.91. The maximum atomic E-state index is 14.3. The highest BCUT2D eigenvalue weighted by Gasteiger charge is 2.19. The molecule has 29 heavy (non-hydrogen) atoms. The van der Waals surface area contributed by atoms with Crippen LogP contribution in [0.1, 0.15) is 18.5 Å². The zero-order chi connectivity index (χ0) is 20.5. The maximum Gasteiger partial charge on any atom is 0.190 e. The fourth-order valence-corrected chi connectivity index (χ4v) is 2.96. The largest absolute Gasteiger partial charge is 0.383 e. The summed E-state index contributed by atoms with van der Waals surface area (Å²) in [7, 11) is 0. The molecule has 2 aromatic heterocycles. The van der Waals surface area contributed by atoms with E-state index in [1.165, 1.54) is 12.1 Å². The fourth-order valence-electron chi connectivity index (χ4n) is 2.96. The Morgan fingerprint density at radius 1 is 1.03 bits per heavy atom. The van der Waals surface area contributed by atoms with Gasteiger partial charge in [0.15, 0.2) is 17.5 Å². The molecule has 0 aliphatic heterocycles. The number of benzene rings is 2. The van der Waals surface area contributed by atoms with Gasteiger partial charge in [0, 0.05) is 17.8 Å². The van der Waals surface area contributed by atoms with Gasteiger partial charge >= 0.3 is 0 Å². The van der Waals surface area contributed by atoms with Crippen molar-refractivity contribution in [2.45, 2.75) is 13.0 Å². The van der Waals surface area contributed by atoms with Gasteiger partial charge in [-0.05, 0) is 46.7 Å². The quantitative estimate of drug-likeness (QED) is 0.551. The predicted octanol–water partition coefficient (Wildman–Crippen LogP) is 3.27. The molecule has 2 heterocycles. The summed E-state index contributed by atoms with van der Waals surface area (Å²) >= 11 is 0. The number of nitrogens with two attached hydrogens (primary N) is 2. The molecule has 4 aromatic rings. The van der Waals surface area contributed by atoms with Crippen molar-refractivity contribution in [1.29, 1.82) is 0 Å². The van der Waals surface area contributed by atoms with E-state index in [1.807, 2.05) is 31.2 Å². The Balaban J connectivity index is 1.80. The lowest BCUT2D eigenvalue weighted by atomic mass is 10.0. The van der Waals surface area contributed by atoms with E-state index >= 15 is 0 Å². The third-order valence-electron chi connectivity index (χ3n) is 4.56. The maximum absolute atomic E-state index is 14.3. The second-order valence-electron chi connectivity index (χ2n) is 6.55. The van der Waals surface area contributed by atoms with Gasteiger partial charge in [0.25, 0.3) is 0 Å². The molecule has 0 aliphatic carbocycles. The van der Waals surface area contributed by atoms with Crippen LogP contribution in [0.3, 0.4) is 0 Å². The number of anilines is 1. The standard InChI is InChI=1S/C20H17F2N7/c1-11(23)12-5-7-13(8-6-12)14-9-15(19(24)25-10-14)20-26-27-28-29(20)17-4-2-3-16(21)18(17)22/h2-11H,23H2,1H3,(H2,24,25). The summed E-state index contributed by atoms with van der Waals surface area (Å²) in [4.78, 5) is 4.22. The third kappa shape index (κ3) is 3.43. The van der Waals surface area contributed by atoms with Crippen molar-refractivity contribution in [3.63, 3.8) is 0 Å². The lowest BCUT2D eigenvalue weighted by Crippen LogP contribution is -2.06. The Morgan fingerprint density at radius 3 is 2.52 bits per heavy atom. The van der Waals surface area contributed by atoms with Crippen molar-refractivity contribution in [3.05, 3.63) is 71.9 Å². The topological polar surface area (TPSA) is 109 Å². The highest BCUT2D eigenvalue weighted by molar-refractivity contribution is 5.76. The molecule has 2 aromatic carbocycles. The van der Waals surface area contributed by atoms with Crippen LogP contribution in [0.4, 0.5) is 14.6 Å². The highest BCUT2D eigenvalue weighted by Crippen LogP contribution is 2.30. The van der Waals surface area contributed by atoms with Gasteiger partial charge in [-0.15, -0.1) is 5.10 Å². The molecule has 0 saturated carbocycles. The van der Waals surface area contributed by atoms with Gasteiger partial charge in [-0.1, -0.05) is 30.3 Å². The summed E-state index contributed by atoms with van der Waals surface area (Å²) in [5.41, 5.74) is 14.8. The molecule has 0 bridgehead atoms. The van der Waals surface area contributed by atoms with E-state index in [1.54, 1.807) is 12.3 Å². The zero-order valence-corrected chi connectivity index (χ0v) is 15.4. The summed E-state index contributed by atoms with van der Waals surface area (Å²) in [5, 5.41) is 11.3. The number of hydrogen-bond acceptors (Lipinski definition) is 6. The Bertz CT molecular complexity index is 1170. The number of hydrogen-bond donors (Lipinski definition) is 2. The molecule has 4 N–H and O–H groups in total. The lowest BCUT2D eigenvalue weighted by Gasteiger charge is -2.10. The minimum atomic E-state index is -1.06. The molecule has 1 atom stereocenters. The monoisotopic (exact) mass is 393 g/mol. The second kappa shape index (κ2) is 7.36. The summed E-state index contributed by atoms with van der Waals surface area (Å²) in [6.07, 6.45) is 1.62. The van der Waals surface area contributed by atoms with Crippen LogP contribution in [0.25, 0.3) is 28.2 Å². The molecule has 0 fully saturated rings. The van der Waals surface area contributed by atoms with Crippen molar-refractivity contribution in [2.24, 2.45) is 5.73 Å². The van der Waals surface area contributed by atoms with Gasteiger partial charge in [0.1, 0.15) is 11.5 Å². The molecule has 4 rings (SSSR count). The number of halogens is 2. The molecule has 0 spiro atoms. The van der Waals surface area contributed by atoms with E-state index in [0.29, 0.717) is 5.56 Å². The van der Waals surface area contributed by atoms with E-state index in [4.69, 9.17) is 11.5 Å². The Morgan fingerprint density at radius 2 is 1.79 bits per heavy atom. The molecule has 9 heteroatoms. The third-order valence-corrected chi connectivity index (χ3v) is 4.56. The number of pyridine rings is 1. The number of nitrogen functional groups attached to an aromatic ring is 1. The first kappa shape index (κ1) is 18.6. The van der Waals surface area contributed by atoms with Crippen LogP contribution in [0, 0.1) is 11.6 Å². The normalized spacial score (nSPS) is 12.1. The van der Waals surface area contributed by atoms with Crippen molar-refractivity contribution in [3.8, 4) is 28.2 Å². The van der Waals surface area contributed by atoms with Crippen molar-refractivity contribution < 1.29 is 8.78 Å². The second-order valence-corrected chi connectivity index (χ2v) is 6.55. The number of aromatic nitrogens is 5. The first-order valence-corrected chi connectivity index (χ1v) is 8.80. The smallest absolute Gasteiger partial charge is 0.190 e. The van der Waals surface area contributed by atoms with Crippen molar-refractivity contribution in [1.82, 2.24) is 25.2 Å². The van der Waals surface area contributed by atoms with Crippen LogP contribution in [0.15, 0.2) is 54.7 Å². The number of nitrogens with zero attached hydrogens (tertiary/aromatic N) is 5. The van der Waals surface area contributed by atoms with Gasteiger partial charge < -0.3 is 11.5 Å². The van der Waals surface area contributed by atoms with E-state index in [9.17, 15) is 8.78 Å². The molecule has 0 aliphatic rings. The summed E-state index contributed by atoms with van der Waals surface area (Å²) in [6, 6.07) is 13.2. The first-order chi connectivity index (χ1) is 14.0. The predicted molar refractivity (Wildman–Crippen MR) is 105 cm³/mol. The van der Waals surface area contributed by atoms with Crippen LogP contribution in [-0.4, -0.2) is 25.2 Å². The van der Waals surface area contributed by atoms with Gasteiger partial charge in [-0.3, -0.25) is 0 Å². The van der Waals surface area contributed by atoms with Crippen molar-refractivity contribution in [2.75, 3.05) is 5.73 Å². The van der Waals surface area contributed by atoms with Crippen LogP contribution >= 0.6 is 0 Å². The molecular weight excluding hydrogens is 376 g/mol. The molecule has 0 radical (unpaired) electrons. The van der Waals surface area contributed by atoms with E-state index in [0.717, 1.165) is 27.4 Å². The minimum Gasteiger partial charge on any atom is -0.383 e. The molecule has 146 valence electrons. The highest BCUT2D eigenvalue weighted by atomic mass is 19.2.